The molecule has 0 saturated carbocycles. The Kier molecular flexibility index (Phi) is 6.30. The minimum Gasteiger partial charge on any atom is -0.491 e. The van der Waals surface area contributed by atoms with Crippen molar-refractivity contribution in [3.8, 4) is 5.75 Å². The average Bonchev–Trinajstić information content (AvgIpc) is 2.72. The standard InChI is InChI=1S/C20H23FN2O3/c21-10-15-25-19-8-6-18(7-9-19)22-11-13-23(14-12-22)20(24)26-16-17-4-2-1-3-5-17/h1-9H,10-16H2. The van der Waals surface area contributed by atoms with Crippen molar-refractivity contribution in [3.63, 3.8) is 0 Å². The fourth-order valence-electron chi connectivity index (χ4n) is 2.87. The monoisotopic (exact) mass is 358 g/mol. The Balaban J connectivity index is 1.45. The molecule has 0 unspecified atom stereocenters. The maximum absolute atomic E-state index is 12.2. The van der Waals surface area contributed by atoms with E-state index in [2.05, 4.69) is 4.90 Å². The van der Waals surface area contributed by atoms with E-state index in [1.807, 2.05) is 54.6 Å². The first-order valence-electron chi connectivity index (χ1n) is 8.75. The van der Waals surface area contributed by atoms with Crippen LogP contribution in [0.15, 0.2) is 54.6 Å². The largest absolute Gasteiger partial charge is 0.491 e. The van der Waals surface area contributed by atoms with Gasteiger partial charge in [0.05, 0.1) is 0 Å². The van der Waals surface area contributed by atoms with E-state index in [-0.39, 0.29) is 12.7 Å². The molecule has 0 radical (unpaired) electrons. The van der Waals surface area contributed by atoms with Crippen LogP contribution in [0.2, 0.25) is 0 Å². The minimum absolute atomic E-state index is 0.0725. The van der Waals surface area contributed by atoms with Crippen LogP contribution in [0.1, 0.15) is 5.56 Å². The summed E-state index contributed by atoms with van der Waals surface area (Å²) >= 11 is 0. The second-order valence-corrected chi connectivity index (χ2v) is 6.05. The number of anilines is 1. The van der Waals surface area contributed by atoms with E-state index in [0.717, 1.165) is 24.3 Å². The molecule has 1 heterocycles. The summed E-state index contributed by atoms with van der Waals surface area (Å²) in [4.78, 5) is 16.1. The number of halogens is 1. The number of hydrogen-bond acceptors (Lipinski definition) is 4. The summed E-state index contributed by atoms with van der Waals surface area (Å²) in [5.41, 5.74) is 2.05. The van der Waals surface area contributed by atoms with E-state index in [1.54, 1.807) is 4.90 Å². The molecule has 2 aromatic rings. The molecule has 26 heavy (non-hydrogen) atoms. The van der Waals surface area contributed by atoms with Gasteiger partial charge in [-0.1, -0.05) is 30.3 Å². The Morgan fingerprint density at radius 1 is 0.962 bits per heavy atom. The highest BCUT2D eigenvalue weighted by Crippen LogP contribution is 2.21. The molecule has 6 heteroatoms. The van der Waals surface area contributed by atoms with Crippen molar-refractivity contribution in [1.82, 2.24) is 4.90 Å². The lowest BCUT2D eigenvalue weighted by atomic mass is 10.2. The van der Waals surface area contributed by atoms with Gasteiger partial charge in [-0.3, -0.25) is 0 Å². The summed E-state index contributed by atoms with van der Waals surface area (Å²) in [7, 11) is 0. The summed E-state index contributed by atoms with van der Waals surface area (Å²) in [6.07, 6.45) is -0.275. The number of amides is 1. The second-order valence-electron chi connectivity index (χ2n) is 6.05. The molecule has 1 aliphatic heterocycles. The zero-order valence-corrected chi connectivity index (χ0v) is 14.6. The molecule has 0 aliphatic carbocycles. The van der Waals surface area contributed by atoms with Crippen LogP contribution in [0.25, 0.3) is 0 Å². The third kappa shape index (κ3) is 4.88. The molecule has 1 saturated heterocycles. The fraction of sp³-hybridized carbons (Fsp3) is 0.350. The van der Waals surface area contributed by atoms with Crippen LogP contribution in [-0.4, -0.2) is 50.5 Å². The van der Waals surface area contributed by atoms with Gasteiger partial charge in [-0.05, 0) is 29.8 Å². The van der Waals surface area contributed by atoms with Gasteiger partial charge >= 0.3 is 6.09 Å². The third-order valence-corrected chi connectivity index (χ3v) is 4.29. The van der Waals surface area contributed by atoms with Crippen molar-refractivity contribution in [3.05, 3.63) is 60.2 Å². The van der Waals surface area contributed by atoms with Gasteiger partial charge in [0.2, 0.25) is 0 Å². The van der Waals surface area contributed by atoms with Gasteiger partial charge in [-0.15, -0.1) is 0 Å². The van der Waals surface area contributed by atoms with Crippen LogP contribution in [-0.2, 0) is 11.3 Å². The lowest BCUT2D eigenvalue weighted by Gasteiger charge is -2.35. The number of ether oxygens (including phenoxy) is 2. The van der Waals surface area contributed by atoms with E-state index in [1.165, 1.54) is 0 Å². The van der Waals surface area contributed by atoms with Crippen molar-refractivity contribution in [1.29, 1.82) is 0 Å². The van der Waals surface area contributed by atoms with E-state index in [4.69, 9.17) is 9.47 Å². The van der Waals surface area contributed by atoms with E-state index in [0.29, 0.717) is 25.4 Å². The molecule has 0 bridgehead atoms. The molecule has 1 fully saturated rings. The fourth-order valence-corrected chi connectivity index (χ4v) is 2.87. The molecule has 0 atom stereocenters. The molecule has 0 aromatic heterocycles. The van der Waals surface area contributed by atoms with Crippen molar-refractivity contribution >= 4 is 11.8 Å². The predicted octanol–water partition coefficient (Wildman–Crippen LogP) is 3.49. The Morgan fingerprint density at radius 3 is 2.31 bits per heavy atom. The topological polar surface area (TPSA) is 42.0 Å². The minimum atomic E-state index is -0.496. The summed E-state index contributed by atoms with van der Waals surface area (Å²) in [5.74, 6) is 0.662. The summed E-state index contributed by atoms with van der Waals surface area (Å²) < 4.78 is 22.8. The van der Waals surface area contributed by atoms with Gasteiger partial charge in [0.1, 0.15) is 25.6 Å². The highest BCUT2D eigenvalue weighted by Gasteiger charge is 2.22. The molecule has 1 aliphatic rings. The Labute approximate surface area is 152 Å². The molecule has 3 rings (SSSR count). The molecular formula is C20H23FN2O3. The molecule has 2 aromatic carbocycles. The molecular weight excluding hydrogens is 335 g/mol. The summed E-state index contributed by atoms with van der Waals surface area (Å²) in [6.45, 7) is 2.59. The van der Waals surface area contributed by atoms with Crippen molar-refractivity contribution in [2.24, 2.45) is 0 Å². The number of nitrogens with zero attached hydrogens (tertiary/aromatic N) is 2. The molecule has 138 valence electrons. The number of alkyl halides is 1. The smallest absolute Gasteiger partial charge is 0.410 e. The first-order valence-corrected chi connectivity index (χ1v) is 8.75. The zero-order chi connectivity index (χ0) is 18.2. The van der Waals surface area contributed by atoms with Crippen LogP contribution < -0.4 is 9.64 Å². The summed E-state index contributed by atoms with van der Waals surface area (Å²) in [5, 5.41) is 0. The predicted molar refractivity (Wildman–Crippen MR) is 98.3 cm³/mol. The van der Waals surface area contributed by atoms with Crippen LogP contribution in [0, 0.1) is 0 Å². The van der Waals surface area contributed by atoms with Crippen LogP contribution in [0.3, 0.4) is 0 Å². The van der Waals surface area contributed by atoms with Gasteiger partial charge in [0.15, 0.2) is 0 Å². The average molecular weight is 358 g/mol. The highest BCUT2D eigenvalue weighted by atomic mass is 19.1. The van der Waals surface area contributed by atoms with Gasteiger partial charge in [-0.25, -0.2) is 9.18 Å². The first kappa shape index (κ1) is 18.0. The SMILES string of the molecule is O=C(OCc1ccccc1)N1CCN(c2ccc(OCCF)cc2)CC1. The third-order valence-electron chi connectivity index (χ3n) is 4.29. The summed E-state index contributed by atoms with van der Waals surface area (Å²) in [6, 6.07) is 17.2. The van der Waals surface area contributed by atoms with Crippen molar-refractivity contribution in [2.45, 2.75) is 6.61 Å². The van der Waals surface area contributed by atoms with Gasteiger partial charge < -0.3 is 19.3 Å². The quantitative estimate of drug-likeness (QED) is 0.793. The van der Waals surface area contributed by atoms with Crippen molar-refractivity contribution < 1.29 is 18.7 Å². The van der Waals surface area contributed by atoms with E-state index in [9.17, 15) is 9.18 Å². The van der Waals surface area contributed by atoms with Crippen LogP contribution in [0.5, 0.6) is 5.75 Å². The number of carbonyl (C=O) groups is 1. The van der Waals surface area contributed by atoms with Gasteiger partial charge in [0, 0.05) is 31.9 Å². The molecule has 1 amide bonds. The maximum Gasteiger partial charge on any atom is 0.410 e. The van der Waals surface area contributed by atoms with E-state index >= 15 is 0 Å². The number of benzene rings is 2. The van der Waals surface area contributed by atoms with Crippen LogP contribution in [0.4, 0.5) is 14.9 Å². The Hall–Kier alpha value is -2.76. The number of piperazine rings is 1. The Bertz CT molecular complexity index is 686. The van der Waals surface area contributed by atoms with E-state index < -0.39 is 6.67 Å². The van der Waals surface area contributed by atoms with Crippen molar-refractivity contribution in [2.75, 3.05) is 44.4 Å². The Morgan fingerprint density at radius 2 is 1.65 bits per heavy atom. The zero-order valence-electron chi connectivity index (χ0n) is 14.6. The lowest BCUT2D eigenvalue weighted by molar-refractivity contribution is 0.0942. The number of hydrogen-bond donors (Lipinski definition) is 0. The maximum atomic E-state index is 12.2. The lowest BCUT2D eigenvalue weighted by Crippen LogP contribution is -2.48. The number of carbonyl (C=O) groups excluding carboxylic acids is 1. The first-order chi connectivity index (χ1) is 12.8. The second kappa shape index (κ2) is 9.08. The number of rotatable bonds is 6. The molecule has 0 spiro atoms. The van der Waals surface area contributed by atoms with Crippen LogP contribution >= 0.6 is 0 Å². The van der Waals surface area contributed by atoms with Gasteiger partial charge in [0.25, 0.3) is 0 Å². The highest BCUT2D eigenvalue weighted by molar-refractivity contribution is 5.68. The van der Waals surface area contributed by atoms with Gasteiger partial charge in [-0.2, -0.15) is 0 Å². The molecule has 5 nitrogen and oxygen atoms in total. The molecule has 0 N–H and O–H groups in total. The normalized spacial score (nSPS) is 14.2.